The molecule has 33 heavy (non-hydrogen) atoms. The fourth-order valence-corrected chi connectivity index (χ4v) is 3.40. The Balaban J connectivity index is 1.54. The van der Waals surface area contributed by atoms with Crippen LogP contribution in [0.25, 0.3) is 22.5 Å². The number of carbonyl (C=O) groups excluding carboxylic acids is 2. The minimum Gasteiger partial charge on any atom is -0.476 e. The van der Waals surface area contributed by atoms with Crippen LogP contribution in [0, 0.1) is 0 Å². The van der Waals surface area contributed by atoms with Crippen LogP contribution in [-0.4, -0.2) is 25.1 Å². The normalized spacial score (nSPS) is 10.7. The van der Waals surface area contributed by atoms with E-state index in [0.717, 1.165) is 0 Å². The molecule has 0 unspecified atom stereocenters. The number of furan rings is 1. The summed E-state index contributed by atoms with van der Waals surface area (Å²) < 4.78 is 22.4. The molecule has 0 aliphatic rings. The van der Waals surface area contributed by atoms with Crippen LogP contribution < -0.4 is 15.5 Å². The van der Waals surface area contributed by atoms with E-state index in [0.29, 0.717) is 26.9 Å². The minimum atomic E-state index is -0.502. The lowest BCUT2D eigenvalue weighted by Gasteiger charge is -2.11. The van der Waals surface area contributed by atoms with Gasteiger partial charge < -0.3 is 23.6 Å². The van der Waals surface area contributed by atoms with Crippen LogP contribution in [-0.2, 0) is 9.53 Å². The van der Waals surface area contributed by atoms with Gasteiger partial charge in [0.1, 0.15) is 5.58 Å². The first-order valence-electron chi connectivity index (χ1n) is 9.97. The Hall–Kier alpha value is -3.85. The van der Waals surface area contributed by atoms with Gasteiger partial charge in [0.2, 0.25) is 16.9 Å². The Bertz CT molecular complexity index is 1370. The standard InChI is InChI=1S/C24H18BrNO7/c1-2-30-24(29)14-7-9-15(10-8-14)26-20(27)13-31-23-21(28)16-5-3-4-6-17(16)33-22(23)18-11-12-19(25)32-18/h3-12H,2,13H2,1H3,(H,26,27). The first-order chi connectivity index (χ1) is 16.0. The SMILES string of the molecule is CCOC(=O)c1ccc(NC(=O)COc2c(-c3ccc(Br)o3)oc3ccccc3c2=O)cc1. The number of para-hydroxylation sites is 1. The first kappa shape index (κ1) is 22.3. The highest BCUT2D eigenvalue weighted by atomic mass is 79.9. The van der Waals surface area contributed by atoms with Crippen molar-refractivity contribution in [3.05, 3.63) is 81.1 Å². The highest BCUT2D eigenvalue weighted by molar-refractivity contribution is 9.10. The molecule has 0 radical (unpaired) electrons. The number of ether oxygens (including phenoxy) is 2. The van der Waals surface area contributed by atoms with Crippen molar-refractivity contribution in [3.8, 4) is 17.3 Å². The number of rotatable bonds is 7. The van der Waals surface area contributed by atoms with Crippen LogP contribution >= 0.6 is 15.9 Å². The van der Waals surface area contributed by atoms with E-state index in [4.69, 9.17) is 18.3 Å². The summed E-state index contributed by atoms with van der Waals surface area (Å²) in [5.74, 6) is -0.731. The third-order valence-electron chi connectivity index (χ3n) is 4.58. The summed E-state index contributed by atoms with van der Waals surface area (Å²) in [6.45, 7) is 1.55. The van der Waals surface area contributed by atoms with Crippen molar-refractivity contribution in [2.45, 2.75) is 6.92 Å². The molecule has 4 rings (SSSR count). The Kier molecular flexibility index (Phi) is 6.60. The van der Waals surface area contributed by atoms with E-state index < -0.39 is 23.9 Å². The summed E-state index contributed by atoms with van der Waals surface area (Å²) in [6.07, 6.45) is 0. The Morgan fingerprint density at radius 2 is 1.76 bits per heavy atom. The molecule has 0 spiro atoms. The molecule has 2 aromatic heterocycles. The van der Waals surface area contributed by atoms with Crippen LogP contribution in [0.4, 0.5) is 5.69 Å². The number of benzene rings is 2. The third kappa shape index (κ3) is 4.98. The van der Waals surface area contributed by atoms with Crippen LogP contribution in [0.2, 0.25) is 0 Å². The van der Waals surface area contributed by atoms with E-state index in [9.17, 15) is 14.4 Å². The smallest absolute Gasteiger partial charge is 0.338 e. The molecule has 168 valence electrons. The van der Waals surface area contributed by atoms with Crippen molar-refractivity contribution < 1.29 is 27.9 Å². The molecule has 2 aromatic carbocycles. The van der Waals surface area contributed by atoms with Crippen LogP contribution in [0.1, 0.15) is 17.3 Å². The molecule has 0 fully saturated rings. The van der Waals surface area contributed by atoms with Gasteiger partial charge in [0.15, 0.2) is 17.0 Å². The van der Waals surface area contributed by atoms with Gasteiger partial charge in [0.25, 0.3) is 5.91 Å². The number of esters is 1. The number of halogens is 1. The maximum Gasteiger partial charge on any atom is 0.338 e. The molecule has 0 aliphatic carbocycles. The van der Waals surface area contributed by atoms with E-state index in [1.54, 1.807) is 67.6 Å². The van der Waals surface area contributed by atoms with Gasteiger partial charge in [-0.3, -0.25) is 9.59 Å². The average molecular weight is 512 g/mol. The summed E-state index contributed by atoms with van der Waals surface area (Å²) in [5.41, 5.74) is 0.765. The summed E-state index contributed by atoms with van der Waals surface area (Å²) in [4.78, 5) is 37.2. The van der Waals surface area contributed by atoms with Gasteiger partial charge in [-0.1, -0.05) is 12.1 Å². The van der Waals surface area contributed by atoms with Crippen molar-refractivity contribution in [2.24, 2.45) is 0 Å². The van der Waals surface area contributed by atoms with Gasteiger partial charge in [-0.15, -0.1) is 0 Å². The zero-order chi connectivity index (χ0) is 23.4. The molecule has 0 aliphatic heterocycles. The van der Waals surface area contributed by atoms with Gasteiger partial charge in [0, 0.05) is 5.69 Å². The van der Waals surface area contributed by atoms with Crippen molar-refractivity contribution in [3.63, 3.8) is 0 Å². The predicted molar refractivity (Wildman–Crippen MR) is 124 cm³/mol. The number of carbonyl (C=O) groups is 2. The minimum absolute atomic E-state index is 0.0796. The summed E-state index contributed by atoms with van der Waals surface area (Å²) in [6, 6.07) is 16.2. The predicted octanol–water partition coefficient (Wildman–Crippen LogP) is 5.01. The van der Waals surface area contributed by atoms with E-state index in [1.807, 2.05) is 0 Å². The quantitative estimate of drug-likeness (QED) is 0.347. The molecule has 4 aromatic rings. The summed E-state index contributed by atoms with van der Waals surface area (Å²) in [5, 5.41) is 2.97. The molecule has 1 amide bonds. The fourth-order valence-electron chi connectivity index (χ4n) is 3.09. The maximum atomic E-state index is 13.0. The van der Waals surface area contributed by atoms with Crippen molar-refractivity contribution in [1.29, 1.82) is 0 Å². The van der Waals surface area contributed by atoms with Gasteiger partial charge in [-0.05, 0) is 71.4 Å². The number of hydrogen-bond donors (Lipinski definition) is 1. The zero-order valence-corrected chi connectivity index (χ0v) is 19.0. The second-order valence-corrected chi connectivity index (χ2v) is 7.61. The number of nitrogens with one attached hydrogen (secondary N) is 1. The van der Waals surface area contributed by atoms with E-state index in [2.05, 4.69) is 21.2 Å². The molecule has 0 bridgehead atoms. The lowest BCUT2D eigenvalue weighted by Crippen LogP contribution is -2.22. The molecule has 1 N–H and O–H groups in total. The lowest BCUT2D eigenvalue weighted by atomic mass is 10.2. The molecule has 0 atom stereocenters. The Labute approximate surface area is 196 Å². The average Bonchev–Trinajstić information content (AvgIpc) is 3.25. The maximum absolute atomic E-state index is 13.0. The number of anilines is 1. The fraction of sp³-hybridized carbons (Fsp3) is 0.125. The van der Waals surface area contributed by atoms with Crippen LogP contribution in [0.15, 0.2) is 79.0 Å². The highest BCUT2D eigenvalue weighted by Crippen LogP contribution is 2.33. The number of fused-ring (bicyclic) bond motifs is 1. The third-order valence-corrected chi connectivity index (χ3v) is 5.01. The second kappa shape index (κ2) is 9.74. The van der Waals surface area contributed by atoms with Crippen LogP contribution in [0.3, 0.4) is 0 Å². The van der Waals surface area contributed by atoms with Gasteiger partial charge in [0.05, 0.1) is 17.6 Å². The molecule has 0 saturated heterocycles. The van der Waals surface area contributed by atoms with Gasteiger partial charge in [-0.25, -0.2) is 4.79 Å². The lowest BCUT2D eigenvalue weighted by molar-refractivity contribution is -0.118. The van der Waals surface area contributed by atoms with Crippen molar-refractivity contribution in [1.82, 2.24) is 0 Å². The van der Waals surface area contributed by atoms with Gasteiger partial charge >= 0.3 is 5.97 Å². The monoisotopic (exact) mass is 511 g/mol. The van der Waals surface area contributed by atoms with E-state index >= 15 is 0 Å². The summed E-state index contributed by atoms with van der Waals surface area (Å²) >= 11 is 3.22. The molecule has 0 saturated carbocycles. The van der Waals surface area contributed by atoms with Crippen molar-refractivity contribution >= 4 is 44.5 Å². The largest absolute Gasteiger partial charge is 0.476 e. The topological polar surface area (TPSA) is 108 Å². The highest BCUT2D eigenvalue weighted by Gasteiger charge is 2.21. The van der Waals surface area contributed by atoms with Crippen LogP contribution in [0.5, 0.6) is 5.75 Å². The first-order valence-corrected chi connectivity index (χ1v) is 10.8. The number of amides is 1. The molecular formula is C24H18BrNO7. The molecule has 9 heteroatoms. The molecular weight excluding hydrogens is 494 g/mol. The summed E-state index contributed by atoms with van der Waals surface area (Å²) in [7, 11) is 0. The molecule has 2 heterocycles. The van der Waals surface area contributed by atoms with Crippen molar-refractivity contribution in [2.75, 3.05) is 18.5 Å². The number of hydrogen-bond acceptors (Lipinski definition) is 7. The zero-order valence-electron chi connectivity index (χ0n) is 17.4. The molecule has 8 nitrogen and oxygen atoms in total. The van der Waals surface area contributed by atoms with E-state index in [-0.39, 0.29) is 23.9 Å². The van der Waals surface area contributed by atoms with E-state index in [1.165, 1.54) is 0 Å². The Morgan fingerprint density at radius 3 is 2.45 bits per heavy atom. The van der Waals surface area contributed by atoms with Gasteiger partial charge in [-0.2, -0.15) is 0 Å². The Morgan fingerprint density at radius 1 is 1.00 bits per heavy atom. The second-order valence-electron chi connectivity index (χ2n) is 6.82.